The number of allylic oxidation sites excluding steroid dienone is 13. The Hall–Kier alpha value is -2.32. The molecule has 0 aromatic carbocycles. The lowest BCUT2D eigenvalue weighted by Gasteiger charge is -2.25. The molecule has 3 N–H and O–H groups in total. The lowest BCUT2D eigenvalue weighted by Crippen LogP contribution is -2.45. The Morgan fingerprint density at radius 1 is 0.618 bits per heavy atom. The van der Waals surface area contributed by atoms with Gasteiger partial charge in [0.2, 0.25) is 5.91 Å². The summed E-state index contributed by atoms with van der Waals surface area (Å²) in [4.78, 5) is 23.0. The van der Waals surface area contributed by atoms with E-state index in [0.29, 0.717) is 17.4 Å². The fraction of sp³-hybridized carbons (Fsp3) is 0.674. The van der Waals surface area contributed by atoms with Crippen molar-refractivity contribution in [3.05, 3.63) is 85.1 Å². The number of amides is 1. The summed E-state index contributed by atoms with van der Waals surface area (Å²) < 4.78 is 23.4. The van der Waals surface area contributed by atoms with Gasteiger partial charge in [-0.05, 0) is 77.0 Å². The van der Waals surface area contributed by atoms with Crippen molar-refractivity contribution in [2.24, 2.45) is 0 Å². The highest BCUT2D eigenvalue weighted by Crippen LogP contribution is 2.43. The Morgan fingerprint density at radius 3 is 1.60 bits per heavy atom. The molecule has 0 aliphatic heterocycles. The maximum Gasteiger partial charge on any atom is 0.472 e. The fourth-order valence-electron chi connectivity index (χ4n) is 5.48. The third-order valence-electron chi connectivity index (χ3n) is 8.84. The first kappa shape index (κ1) is 52.7. The quantitative estimate of drug-likeness (QED) is 0.0251. The van der Waals surface area contributed by atoms with Crippen LogP contribution in [0.3, 0.4) is 0 Å². The predicted molar refractivity (Wildman–Crippen MR) is 235 cm³/mol. The van der Waals surface area contributed by atoms with Gasteiger partial charge in [-0.2, -0.15) is 0 Å². The number of nitrogens with zero attached hydrogens (tertiary/aromatic N) is 1. The van der Waals surface area contributed by atoms with E-state index < -0.39 is 20.0 Å². The second-order valence-corrected chi connectivity index (χ2v) is 16.7. The zero-order chi connectivity index (χ0) is 40.7. The van der Waals surface area contributed by atoms with E-state index in [1.54, 1.807) is 6.08 Å². The summed E-state index contributed by atoms with van der Waals surface area (Å²) in [5, 5.41) is 13.7. The Morgan fingerprint density at radius 2 is 1.05 bits per heavy atom. The molecule has 0 saturated heterocycles. The first-order chi connectivity index (χ1) is 26.5. The van der Waals surface area contributed by atoms with Crippen molar-refractivity contribution in [2.45, 2.75) is 161 Å². The summed E-state index contributed by atoms with van der Waals surface area (Å²) in [5.41, 5.74) is 0. The second kappa shape index (κ2) is 37.3. The van der Waals surface area contributed by atoms with Crippen LogP contribution in [0.4, 0.5) is 0 Å². The van der Waals surface area contributed by atoms with Crippen LogP contribution in [0.1, 0.15) is 149 Å². The molecule has 0 bridgehead atoms. The van der Waals surface area contributed by atoms with Crippen LogP contribution in [-0.2, 0) is 18.4 Å². The van der Waals surface area contributed by atoms with Crippen molar-refractivity contribution < 1.29 is 32.9 Å². The molecule has 9 heteroatoms. The lowest BCUT2D eigenvalue weighted by molar-refractivity contribution is -0.870. The van der Waals surface area contributed by atoms with Gasteiger partial charge in [0, 0.05) is 6.42 Å². The number of carbonyl (C=O) groups is 1. The van der Waals surface area contributed by atoms with E-state index in [1.165, 1.54) is 44.9 Å². The molecule has 0 spiro atoms. The number of aliphatic hydroxyl groups excluding tert-OH is 1. The van der Waals surface area contributed by atoms with Crippen LogP contribution in [0.5, 0.6) is 0 Å². The standard InChI is InChI=1S/C46H81N2O6P/c1-6-8-10-12-14-16-18-19-20-21-22-23-24-25-26-27-28-29-30-32-34-36-38-40-46(50)47-44(43-54-55(51,52)53-42-41-48(3,4)5)45(49)39-37-35-33-31-17-15-13-11-9-7-2/h8-11,14,16-17,19-20,22-23,31,37,39,44-45,49H,6-7,12-13,15,18,21,24-30,32-36,38,40-43H2,1-5H3,(H-,47,50,51,52)/p+1/b10-8-,11-9+,16-14-,20-19-,23-22-,31-17+,39-37+. The summed E-state index contributed by atoms with van der Waals surface area (Å²) in [5.74, 6) is -0.204. The molecule has 0 aliphatic carbocycles. The van der Waals surface area contributed by atoms with Crippen LogP contribution < -0.4 is 5.32 Å². The molecule has 0 aromatic rings. The normalized spacial score (nSPS) is 15.3. The molecular formula is C46H82N2O6P+. The van der Waals surface area contributed by atoms with E-state index in [4.69, 9.17) is 9.05 Å². The number of aliphatic hydroxyl groups is 1. The minimum atomic E-state index is -4.35. The molecule has 3 unspecified atom stereocenters. The van der Waals surface area contributed by atoms with E-state index in [1.807, 2.05) is 27.2 Å². The van der Waals surface area contributed by atoms with E-state index in [0.717, 1.165) is 83.5 Å². The van der Waals surface area contributed by atoms with Crippen molar-refractivity contribution in [1.29, 1.82) is 0 Å². The fourth-order valence-corrected chi connectivity index (χ4v) is 6.22. The molecule has 0 rings (SSSR count). The van der Waals surface area contributed by atoms with Crippen LogP contribution in [0.2, 0.25) is 0 Å². The molecule has 0 radical (unpaired) electrons. The highest BCUT2D eigenvalue weighted by atomic mass is 31.2. The van der Waals surface area contributed by atoms with Gasteiger partial charge in [0.05, 0.1) is 39.9 Å². The van der Waals surface area contributed by atoms with Crippen LogP contribution in [-0.4, -0.2) is 73.4 Å². The number of likely N-dealkylation sites (N-methyl/N-ethyl adjacent to an activating group) is 1. The smallest absolute Gasteiger partial charge is 0.387 e. The Labute approximate surface area is 337 Å². The van der Waals surface area contributed by atoms with E-state index in [-0.39, 0.29) is 19.1 Å². The largest absolute Gasteiger partial charge is 0.472 e. The number of rotatable bonds is 37. The molecule has 0 aliphatic rings. The van der Waals surface area contributed by atoms with Crippen molar-refractivity contribution in [1.82, 2.24) is 5.32 Å². The first-order valence-electron chi connectivity index (χ1n) is 21.5. The highest BCUT2D eigenvalue weighted by Gasteiger charge is 2.27. The summed E-state index contributed by atoms with van der Waals surface area (Å²) in [6, 6.07) is -0.874. The Bertz CT molecular complexity index is 1170. The van der Waals surface area contributed by atoms with Gasteiger partial charge in [-0.3, -0.25) is 13.8 Å². The molecule has 0 aromatic heterocycles. The van der Waals surface area contributed by atoms with Gasteiger partial charge in [0.1, 0.15) is 13.2 Å². The maximum atomic E-state index is 12.8. The molecule has 55 heavy (non-hydrogen) atoms. The topological polar surface area (TPSA) is 105 Å². The van der Waals surface area contributed by atoms with Gasteiger partial charge in [-0.1, -0.05) is 150 Å². The summed E-state index contributed by atoms with van der Waals surface area (Å²) in [6.07, 6.45) is 51.0. The van der Waals surface area contributed by atoms with Gasteiger partial charge in [0.15, 0.2) is 0 Å². The van der Waals surface area contributed by atoms with Crippen LogP contribution in [0.25, 0.3) is 0 Å². The minimum Gasteiger partial charge on any atom is -0.387 e. The molecule has 0 fully saturated rings. The van der Waals surface area contributed by atoms with Crippen LogP contribution in [0, 0.1) is 0 Å². The molecule has 8 nitrogen and oxygen atoms in total. The van der Waals surface area contributed by atoms with Crippen molar-refractivity contribution in [2.75, 3.05) is 40.9 Å². The highest BCUT2D eigenvalue weighted by molar-refractivity contribution is 7.47. The number of unbranched alkanes of at least 4 members (excludes halogenated alkanes) is 12. The van der Waals surface area contributed by atoms with Gasteiger partial charge < -0.3 is 19.8 Å². The number of phosphoric ester groups is 1. The third-order valence-corrected chi connectivity index (χ3v) is 9.82. The lowest BCUT2D eigenvalue weighted by atomic mass is 10.0. The van der Waals surface area contributed by atoms with Gasteiger partial charge >= 0.3 is 7.82 Å². The average molecular weight is 790 g/mol. The maximum absolute atomic E-state index is 12.8. The van der Waals surface area contributed by atoms with E-state index >= 15 is 0 Å². The van der Waals surface area contributed by atoms with Gasteiger partial charge in [-0.15, -0.1) is 0 Å². The Balaban J connectivity index is 4.33. The zero-order valence-corrected chi connectivity index (χ0v) is 36.5. The number of phosphoric acid groups is 1. The molecule has 0 saturated carbocycles. The summed E-state index contributed by atoms with van der Waals surface area (Å²) in [6.45, 7) is 4.51. The van der Waals surface area contributed by atoms with Gasteiger partial charge in [-0.25, -0.2) is 4.57 Å². The van der Waals surface area contributed by atoms with E-state index in [2.05, 4.69) is 92.1 Å². The monoisotopic (exact) mass is 790 g/mol. The Kier molecular flexibility index (Phi) is 35.7. The molecule has 316 valence electrons. The van der Waals surface area contributed by atoms with Gasteiger partial charge in [0.25, 0.3) is 0 Å². The van der Waals surface area contributed by atoms with E-state index in [9.17, 15) is 19.4 Å². The number of nitrogens with one attached hydrogen (secondary N) is 1. The second-order valence-electron chi connectivity index (χ2n) is 15.3. The van der Waals surface area contributed by atoms with Crippen molar-refractivity contribution in [3.8, 4) is 0 Å². The number of carbonyl (C=O) groups excluding carboxylic acids is 1. The molecule has 0 heterocycles. The number of hydrogen-bond acceptors (Lipinski definition) is 5. The predicted octanol–water partition coefficient (Wildman–Crippen LogP) is 11.8. The minimum absolute atomic E-state index is 0.0480. The van der Waals surface area contributed by atoms with Crippen LogP contribution >= 0.6 is 7.82 Å². The summed E-state index contributed by atoms with van der Waals surface area (Å²) >= 11 is 0. The first-order valence-corrected chi connectivity index (χ1v) is 23.0. The third kappa shape index (κ3) is 39.7. The van der Waals surface area contributed by atoms with Crippen molar-refractivity contribution >= 4 is 13.7 Å². The zero-order valence-electron chi connectivity index (χ0n) is 35.6. The summed E-state index contributed by atoms with van der Waals surface area (Å²) in [7, 11) is 1.52. The van der Waals surface area contributed by atoms with Crippen LogP contribution in [0.15, 0.2) is 85.1 Å². The number of quaternary nitrogens is 1. The van der Waals surface area contributed by atoms with Crippen molar-refractivity contribution in [3.63, 3.8) is 0 Å². The molecule has 3 atom stereocenters. The average Bonchev–Trinajstić information content (AvgIpc) is 3.13. The molecule has 1 amide bonds. The number of hydrogen-bond donors (Lipinski definition) is 3. The molecular weight excluding hydrogens is 707 g/mol. The SMILES string of the molecule is CC/C=C\C/C=C\C/C=C\C/C=C\CCCCCCCCCCCCC(=O)NC(COP(=O)(O)OCC[N+](C)(C)C)C(O)/C=C/CC/C=C/CC/C=C/CC.